The minimum atomic E-state index is -5.08. The molecule has 2 aliphatic heterocycles. The molecule has 1 saturated heterocycles. The van der Waals surface area contributed by atoms with Gasteiger partial charge in [0.2, 0.25) is 5.91 Å². The zero-order valence-electron chi connectivity index (χ0n) is 24.0. The van der Waals surface area contributed by atoms with Gasteiger partial charge in [-0.05, 0) is 57.5 Å². The summed E-state index contributed by atoms with van der Waals surface area (Å²) in [6.45, 7) is 1.95. The highest BCUT2D eigenvalue weighted by atomic mass is 19.4. The molecule has 1 aromatic rings. The fraction of sp³-hybridized carbons (Fsp3) is 0.571. The Bertz CT molecular complexity index is 1380. The summed E-state index contributed by atoms with van der Waals surface area (Å²) in [6.07, 6.45) is -4.50. The van der Waals surface area contributed by atoms with Crippen molar-refractivity contribution in [2.24, 2.45) is 0 Å². The average Bonchev–Trinajstić information content (AvgIpc) is 3.30. The van der Waals surface area contributed by atoms with Gasteiger partial charge in [0.05, 0.1) is 18.1 Å². The van der Waals surface area contributed by atoms with Crippen molar-refractivity contribution in [2.75, 3.05) is 20.7 Å². The molecular weight excluding hydrogens is 597 g/mol. The van der Waals surface area contributed by atoms with Gasteiger partial charge in [-0.1, -0.05) is 6.07 Å². The van der Waals surface area contributed by atoms with Crippen LogP contribution >= 0.6 is 0 Å². The predicted octanol–water partition coefficient (Wildman–Crippen LogP) is 0.880. The Balaban J connectivity index is 0.000000566. The lowest BCUT2D eigenvalue weighted by Gasteiger charge is -2.61. The topological polar surface area (TPSA) is 192 Å². The van der Waals surface area contributed by atoms with E-state index in [0.29, 0.717) is 24.3 Å². The van der Waals surface area contributed by atoms with E-state index in [2.05, 4.69) is 10.2 Å². The lowest BCUT2D eigenvalue weighted by atomic mass is 9.50. The lowest BCUT2D eigenvalue weighted by Crippen LogP contribution is -2.74. The highest BCUT2D eigenvalue weighted by molar-refractivity contribution is 5.86. The number of alkyl halides is 3. The van der Waals surface area contributed by atoms with E-state index >= 15 is 0 Å². The number of aliphatic carboxylic acids is 2. The van der Waals surface area contributed by atoms with Crippen molar-refractivity contribution < 1.29 is 67.0 Å². The number of aliphatic hydroxyl groups excluding tert-OH is 1. The van der Waals surface area contributed by atoms with Crippen LogP contribution < -0.4 is 14.8 Å². The molecule has 0 radical (unpaired) electrons. The molecular formula is C28H33F3N2O11. The first-order valence-corrected chi connectivity index (χ1v) is 13.7. The van der Waals surface area contributed by atoms with Gasteiger partial charge < -0.3 is 44.9 Å². The molecule has 16 heteroatoms. The SMILES string of the molecule is COc1ccc2c3c1O[C@H]1C(OC(=O)CC[C@H](NC(=O)[C@H](C)O)C(=O)O)=CC[C@@]4(O)[C@@H](C2)N(C)CC[C@]314.O=C(O)C(F)(F)F. The smallest absolute Gasteiger partial charge is 0.490 e. The summed E-state index contributed by atoms with van der Waals surface area (Å²) in [5, 5.41) is 40.3. The van der Waals surface area contributed by atoms with Crippen molar-refractivity contribution in [2.45, 2.75) is 80.5 Å². The molecule has 1 fully saturated rings. The maximum atomic E-state index is 12.8. The van der Waals surface area contributed by atoms with Crippen LogP contribution in [0.15, 0.2) is 24.0 Å². The Kier molecular flexibility index (Phi) is 8.92. The molecule has 13 nitrogen and oxygen atoms in total. The maximum Gasteiger partial charge on any atom is 0.490 e. The van der Waals surface area contributed by atoms with E-state index in [4.69, 9.17) is 24.1 Å². The largest absolute Gasteiger partial charge is 0.493 e. The molecule has 1 spiro atoms. The van der Waals surface area contributed by atoms with Crippen LogP contribution in [0, 0.1) is 0 Å². The summed E-state index contributed by atoms with van der Waals surface area (Å²) in [6, 6.07) is 2.37. The number of ether oxygens (including phenoxy) is 3. The number of hydrogen-bond acceptors (Lipinski definition) is 10. The Morgan fingerprint density at radius 3 is 2.45 bits per heavy atom. The van der Waals surface area contributed by atoms with Crippen molar-refractivity contribution in [1.82, 2.24) is 10.2 Å². The quantitative estimate of drug-likeness (QED) is 0.255. The predicted molar refractivity (Wildman–Crippen MR) is 142 cm³/mol. The number of piperidine rings is 1. The standard InChI is InChI=1S/C26H32N2O9.C2HF3O2/c1-13(29)23(31)27-15(24(32)33)5-7-19(30)36-17-8-9-26(34)18-12-14-4-6-16(35-3)21-20(14)25(26,22(17)37-21)10-11-28(18)2;3-2(4,5)1(6)7/h4,6,8,13,15,18,22,29,34H,5,7,9-12H2,1-3H3,(H,27,31)(H,32,33);(H,6,7)/t13-,15-,18+,22-,25-,26+;/m0./s1. The number of carbonyl (C=O) groups excluding carboxylic acids is 2. The molecule has 0 saturated carbocycles. The molecule has 6 atom stereocenters. The fourth-order valence-electron chi connectivity index (χ4n) is 6.58. The molecule has 2 heterocycles. The van der Waals surface area contributed by atoms with Crippen LogP contribution in [-0.4, -0.2) is 106 Å². The van der Waals surface area contributed by atoms with Gasteiger partial charge in [0.15, 0.2) is 17.6 Å². The first-order chi connectivity index (χ1) is 20.5. The van der Waals surface area contributed by atoms with Crippen LogP contribution in [0.5, 0.6) is 11.5 Å². The van der Waals surface area contributed by atoms with E-state index in [9.17, 15) is 42.9 Å². The van der Waals surface area contributed by atoms with Crippen LogP contribution in [0.1, 0.15) is 43.7 Å². The van der Waals surface area contributed by atoms with E-state index in [1.807, 2.05) is 19.2 Å². The molecule has 1 aromatic carbocycles. The second-order valence-corrected chi connectivity index (χ2v) is 11.2. The summed E-state index contributed by atoms with van der Waals surface area (Å²) in [7, 11) is 3.56. The lowest BCUT2D eigenvalue weighted by molar-refractivity contribution is -0.192. The van der Waals surface area contributed by atoms with Crippen molar-refractivity contribution in [3.05, 3.63) is 35.1 Å². The Morgan fingerprint density at radius 2 is 1.89 bits per heavy atom. The number of benzene rings is 1. The number of nitrogens with one attached hydrogen (secondary N) is 1. The van der Waals surface area contributed by atoms with Crippen LogP contribution in [0.25, 0.3) is 0 Å². The van der Waals surface area contributed by atoms with Gasteiger partial charge in [-0.2, -0.15) is 13.2 Å². The molecule has 5 N–H and O–H groups in total. The second kappa shape index (κ2) is 11.9. The van der Waals surface area contributed by atoms with Crippen LogP contribution in [0.3, 0.4) is 0 Å². The van der Waals surface area contributed by atoms with Gasteiger partial charge in [0, 0.05) is 24.4 Å². The number of carboxylic acids is 2. The Labute approximate surface area is 249 Å². The number of esters is 1. The molecule has 2 aliphatic carbocycles. The normalized spacial score (nSPS) is 27.7. The van der Waals surface area contributed by atoms with Crippen molar-refractivity contribution in [1.29, 1.82) is 0 Å². The molecule has 0 unspecified atom stereocenters. The second-order valence-electron chi connectivity index (χ2n) is 11.2. The number of hydrogen-bond donors (Lipinski definition) is 5. The van der Waals surface area contributed by atoms with Crippen molar-refractivity contribution in [3.63, 3.8) is 0 Å². The third-order valence-corrected chi connectivity index (χ3v) is 8.66. The number of nitrogens with zero attached hydrogens (tertiary/aromatic N) is 1. The number of rotatable bonds is 8. The zero-order valence-corrected chi connectivity index (χ0v) is 24.0. The summed E-state index contributed by atoms with van der Waals surface area (Å²) >= 11 is 0. The van der Waals surface area contributed by atoms with E-state index in [0.717, 1.165) is 17.7 Å². The average molecular weight is 631 g/mol. The molecule has 4 aliphatic rings. The van der Waals surface area contributed by atoms with Crippen molar-refractivity contribution in [3.8, 4) is 11.5 Å². The minimum absolute atomic E-state index is 0.137. The number of methoxy groups -OCH3 is 1. The van der Waals surface area contributed by atoms with E-state index in [-0.39, 0.29) is 31.1 Å². The highest BCUT2D eigenvalue weighted by Crippen LogP contribution is 2.65. The van der Waals surface area contributed by atoms with E-state index in [1.54, 1.807) is 13.2 Å². The monoisotopic (exact) mass is 630 g/mol. The van der Waals surface area contributed by atoms with Gasteiger partial charge in [0.1, 0.15) is 17.9 Å². The third kappa shape index (κ3) is 5.57. The molecule has 2 bridgehead atoms. The number of likely N-dealkylation sites (tertiary alicyclic amines) is 1. The number of aliphatic hydroxyl groups is 2. The van der Waals surface area contributed by atoms with Gasteiger partial charge in [-0.25, -0.2) is 9.59 Å². The van der Waals surface area contributed by atoms with Crippen LogP contribution in [0.4, 0.5) is 13.2 Å². The van der Waals surface area contributed by atoms with Gasteiger partial charge in [0.25, 0.3) is 0 Å². The maximum absolute atomic E-state index is 12.8. The number of halogens is 3. The van der Waals surface area contributed by atoms with Crippen molar-refractivity contribution >= 4 is 23.8 Å². The molecule has 5 rings (SSSR count). The first kappa shape index (κ1) is 33.0. The summed E-state index contributed by atoms with van der Waals surface area (Å²) in [5.41, 5.74) is 0.0356. The first-order valence-electron chi connectivity index (χ1n) is 13.7. The highest BCUT2D eigenvalue weighted by Gasteiger charge is 2.72. The van der Waals surface area contributed by atoms with Gasteiger partial charge >= 0.3 is 24.1 Å². The number of carboxylic acid groups (broad SMARTS) is 2. The number of likely N-dealkylation sites (N-methyl/N-ethyl adjacent to an activating group) is 1. The molecule has 44 heavy (non-hydrogen) atoms. The molecule has 1 amide bonds. The molecule has 242 valence electrons. The summed E-state index contributed by atoms with van der Waals surface area (Å²) < 4.78 is 49.5. The van der Waals surface area contributed by atoms with E-state index < -0.39 is 59.3 Å². The summed E-state index contributed by atoms with van der Waals surface area (Å²) in [4.78, 5) is 47.2. The van der Waals surface area contributed by atoms with Crippen LogP contribution in [-0.2, 0) is 35.8 Å². The zero-order chi connectivity index (χ0) is 32.8. The van der Waals surface area contributed by atoms with Gasteiger partial charge in [-0.15, -0.1) is 0 Å². The Morgan fingerprint density at radius 1 is 1.23 bits per heavy atom. The number of carbonyl (C=O) groups is 4. The van der Waals surface area contributed by atoms with E-state index in [1.165, 1.54) is 6.92 Å². The number of amides is 1. The van der Waals surface area contributed by atoms with Crippen LogP contribution in [0.2, 0.25) is 0 Å². The Hall–Kier alpha value is -3.89. The van der Waals surface area contributed by atoms with Gasteiger partial charge in [-0.3, -0.25) is 9.59 Å². The minimum Gasteiger partial charge on any atom is -0.493 e. The summed E-state index contributed by atoms with van der Waals surface area (Å²) in [5.74, 6) is -4.22. The molecule has 0 aromatic heterocycles. The third-order valence-electron chi connectivity index (χ3n) is 8.66. The fourth-order valence-corrected chi connectivity index (χ4v) is 6.58.